The molecule has 1 unspecified atom stereocenters. The molecule has 0 heterocycles. The lowest BCUT2D eigenvalue weighted by molar-refractivity contribution is -0.316. The highest BCUT2D eigenvalue weighted by atomic mass is 19.4. The predicted octanol–water partition coefficient (Wildman–Crippen LogP) is 2.56. The van der Waals surface area contributed by atoms with E-state index in [4.69, 9.17) is 0 Å². The van der Waals surface area contributed by atoms with Crippen molar-refractivity contribution in [1.29, 1.82) is 0 Å². The summed E-state index contributed by atoms with van der Waals surface area (Å²) in [4.78, 5) is 0. The Kier molecular flexibility index (Phi) is 4.02. The molecule has 0 saturated carbocycles. The van der Waals surface area contributed by atoms with Crippen molar-refractivity contribution in [2.75, 3.05) is 13.8 Å². The first-order valence-electron chi connectivity index (χ1n) is 3.30. The summed E-state index contributed by atoms with van der Waals surface area (Å²) in [5.74, 6) is -5.01. The monoisotopic (exact) mass is 210 g/mol. The van der Waals surface area contributed by atoms with Gasteiger partial charge in [0.2, 0.25) is 0 Å². The molecule has 0 aliphatic carbocycles. The zero-order valence-electron chi connectivity index (χ0n) is 6.67. The Balaban J connectivity index is 4.56. The second kappa shape index (κ2) is 4.17. The molecule has 0 spiro atoms. The molecule has 0 aliphatic rings. The van der Waals surface area contributed by atoms with Crippen molar-refractivity contribution in [2.45, 2.75) is 24.6 Å². The first-order chi connectivity index (χ1) is 5.77. The third-order valence-electron chi connectivity index (χ3n) is 1.44. The molecule has 0 N–H and O–H groups in total. The van der Waals surface area contributed by atoms with Gasteiger partial charge in [-0.15, -0.1) is 0 Å². The van der Waals surface area contributed by atoms with Crippen LogP contribution in [0.1, 0.15) is 6.42 Å². The molecule has 0 radical (unpaired) electrons. The summed E-state index contributed by atoms with van der Waals surface area (Å²) in [7, 11) is 0.681. The van der Waals surface area contributed by atoms with Crippen LogP contribution in [0.15, 0.2) is 0 Å². The fourth-order valence-electron chi connectivity index (χ4n) is 0.729. The van der Waals surface area contributed by atoms with Crippen molar-refractivity contribution >= 4 is 0 Å². The summed E-state index contributed by atoms with van der Waals surface area (Å²) >= 11 is 0. The van der Waals surface area contributed by atoms with Gasteiger partial charge in [-0.25, -0.2) is 0 Å². The smallest absolute Gasteiger partial charge is 0.375 e. The summed E-state index contributed by atoms with van der Waals surface area (Å²) in [5.41, 5.74) is 0. The summed E-state index contributed by atoms with van der Waals surface area (Å²) in [6.45, 7) is -1.29. The lowest BCUT2D eigenvalue weighted by Gasteiger charge is -2.26. The number of ether oxygens (including phenoxy) is 1. The molecule has 0 fully saturated rings. The average Bonchev–Trinajstić information content (AvgIpc) is 1.97. The van der Waals surface area contributed by atoms with Crippen LogP contribution in [-0.4, -0.2) is 32.0 Å². The summed E-state index contributed by atoms with van der Waals surface area (Å²) < 4.78 is 75.1. The number of halogens is 6. The van der Waals surface area contributed by atoms with Gasteiger partial charge in [0.1, 0.15) is 6.10 Å². The normalized spacial score (nSPS) is 15.9. The van der Waals surface area contributed by atoms with Crippen LogP contribution in [0.25, 0.3) is 0 Å². The van der Waals surface area contributed by atoms with E-state index in [1.165, 1.54) is 0 Å². The molecule has 0 saturated heterocycles. The van der Waals surface area contributed by atoms with E-state index in [1.54, 1.807) is 0 Å². The molecule has 0 aromatic heterocycles. The highest BCUT2D eigenvalue weighted by Crippen LogP contribution is 2.40. The summed E-state index contributed by atoms with van der Waals surface area (Å²) in [6, 6.07) is 0. The molecule has 1 nitrogen and oxygen atoms in total. The number of rotatable bonds is 4. The molecular formula is C6H8F6O. The quantitative estimate of drug-likeness (QED) is 0.648. The van der Waals surface area contributed by atoms with Crippen molar-refractivity contribution in [2.24, 2.45) is 0 Å². The van der Waals surface area contributed by atoms with Gasteiger partial charge in [-0.2, -0.15) is 22.0 Å². The van der Waals surface area contributed by atoms with Gasteiger partial charge in [0.15, 0.2) is 0 Å². The zero-order chi connectivity index (χ0) is 10.7. The van der Waals surface area contributed by atoms with Crippen LogP contribution in [0.4, 0.5) is 26.3 Å². The lowest BCUT2D eigenvalue weighted by atomic mass is 10.1. The molecule has 1 atom stereocenters. The maximum absolute atomic E-state index is 12.4. The Bertz CT molecular complexity index is 154. The first-order valence-corrected chi connectivity index (χ1v) is 3.30. The average molecular weight is 210 g/mol. The first kappa shape index (κ1) is 12.5. The molecule has 0 aromatic carbocycles. The minimum Gasteiger partial charge on any atom is -0.375 e. The Labute approximate surface area is 70.7 Å². The minimum atomic E-state index is -5.71. The van der Waals surface area contributed by atoms with Gasteiger partial charge < -0.3 is 4.74 Å². The van der Waals surface area contributed by atoms with Crippen molar-refractivity contribution in [3.63, 3.8) is 0 Å². The van der Waals surface area contributed by atoms with Crippen LogP contribution in [0.5, 0.6) is 0 Å². The van der Waals surface area contributed by atoms with E-state index in [0.29, 0.717) is 7.11 Å². The van der Waals surface area contributed by atoms with Gasteiger partial charge in [0.05, 0.1) is 6.67 Å². The van der Waals surface area contributed by atoms with Crippen LogP contribution < -0.4 is 0 Å². The third-order valence-corrected chi connectivity index (χ3v) is 1.44. The molecule has 13 heavy (non-hydrogen) atoms. The number of methoxy groups -OCH3 is 1. The second-order valence-corrected chi connectivity index (χ2v) is 2.32. The lowest BCUT2D eigenvalue weighted by Crippen LogP contribution is -2.48. The molecule has 0 bridgehead atoms. The highest BCUT2D eigenvalue weighted by Gasteiger charge is 2.62. The van der Waals surface area contributed by atoms with Crippen LogP contribution in [0.2, 0.25) is 0 Å². The summed E-state index contributed by atoms with van der Waals surface area (Å²) in [6.07, 6.45) is -9.15. The number of alkyl halides is 6. The minimum absolute atomic E-state index is 0.681. The van der Waals surface area contributed by atoms with Crippen LogP contribution in [0, 0.1) is 0 Å². The molecular weight excluding hydrogens is 202 g/mol. The number of hydrogen-bond donors (Lipinski definition) is 0. The molecule has 0 aliphatic heterocycles. The standard InChI is InChI=1S/C6H8F6O/c1-13-4(2-3-7)5(8,9)6(10,11)12/h4H,2-3H2,1H3. The fourth-order valence-corrected chi connectivity index (χ4v) is 0.729. The van der Waals surface area contributed by atoms with E-state index in [0.717, 1.165) is 0 Å². The van der Waals surface area contributed by atoms with E-state index in [9.17, 15) is 26.3 Å². The van der Waals surface area contributed by atoms with Crippen molar-refractivity contribution in [1.82, 2.24) is 0 Å². The summed E-state index contributed by atoms with van der Waals surface area (Å²) in [5, 5.41) is 0. The van der Waals surface area contributed by atoms with Crippen molar-refractivity contribution < 1.29 is 31.1 Å². The van der Waals surface area contributed by atoms with E-state index in [1.807, 2.05) is 0 Å². The third kappa shape index (κ3) is 2.75. The van der Waals surface area contributed by atoms with Crippen LogP contribution in [-0.2, 0) is 4.74 Å². The van der Waals surface area contributed by atoms with Gasteiger partial charge in [-0.3, -0.25) is 4.39 Å². The second-order valence-electron chi connectivity index (χ2n) is 2.32. The van der Waals surface area contributed by atoms with E-state index in [2.05, 4.69) is 4.74 Å². The Morgan fingerprint density at radius 3 is 1.85 bits per heavy atom. The molecule has 0 aromatic rings. The fraction of sp³-hybridized carbons (Fsp3) is 1.00. The molecule has 7 heteroatoms. The van der Waals surface area contributed by atoms with Crippen LogP contribution in [0.3, 0.4) is 0 Å². The van der Waals surface area contributed by atoms with Gasteiger partial charge in [-0.1, -0.05) is 0 Å². The highest BCUT2D eigenvalue weighted by molar-refractivity contribution is 4.84. The maximum Gasteiger partial charge on any atom is 0.456 e. The van der Waals surface area contributed by atoms with E-state index >= 15 is 0 Å². The topological polar surface area (TPSA) is 9.23 Å². The van der Waals surface area contributed by atoms with Gasteiger partial charge >= 0.3 is 12.1 Å². The van der Waals surface area contributed by atoms with Crippen molar-refractivity contribution in [3.8, 4) is 0 Å². The van der Waals surface area contributed by atoms with E-state index in [-0.39, 0.29) is 0 Å². The van der Waals surface area contributed by atoms with Gasteiger partial charge in [0.25, 0.3) is 0 Å². The van der Waals surface area contributed by atoms with Crippen molar-refractivity contribution in [3.05, 3.63) is 0 Å². The zero-order valence-corrected chi connectivity index (χ0v) is 6.67. The van der Waals surface area contributed by atoms with Gasteiger partial charge in [-0.05, 0) is 0 Å². The Hall–Kier alpha value is -0.460. The van der Waals surface area contributed by atoms with Gasteiger partial charge in [0, 0.05) is 13.5 Å². The predicted molar refractivity (Wildman–Crippen MR) is 32.4 cm³/mol. The Morgan fingerprint density at radius 1 is 1.15 bits per heavy atom. The molecule has 80 valence electrons. The SMILES string of the molecule is COC(CCF)C(F)(F)C(F)(F)F. The molecule has 0 amide bonds. The van der Waals surface area contributed by atoms with Crippen LogP contribution >= 0.6 is 0 Å². The number of hydrogen-bond acceptors (Lipinski definition) is 1. The largest absolute Gasteiger partial charge is 0.456 e. The molecule has 0 rings (SSSR count). The maximum atomic E-state index is 12.4. The Morgan fingerprint density at radius 2 is 1.62 bits per heavy atom. The van der Waals surface area contributed by atoms with E-state index < -0.39 is 31.3 Å².